The number of nitrogens with zero attached hydrogens (tertiary/aromatic N) is 5. The van der Waals surface area contributed by atoms with Crippen LogP contribution in [-0.2, 0) is 18.4 Å². The number of fused-ring (bicyclic) bond motifs is 3. The molecule has 0 saturated carbocycles. The van der Waals surface area contributed by atoms with Gasteiger partial charge in [0.2, 0.25) is 5.95 Å². The standard InChI is InChI=1S/C26H27N5O4/c1-17(18(2)32)31-24(33)22-23(28(3)26(31)34)27-25-29(15-7-8-16-30(22)25)19-11-13-21(14-12-19)35-20-9-5-4-6-10-20/h4-6,9-14,17H,7-8,15-16H2,1-3H3. The Hall–Kier alpha value is -4.14. The zero-order valence-electron chi connectivity index (χ0n) is 20.0. The quantitative estimate of drug-likeness (QED) is 0.438. The lowest BCUT2D eigenvalue weighted by molar-refractivity contribution is -0.119. The summed E-state index contributed by atoms with van der Waals surface area (Å²) in [6.45, 7) is 4.26. The number of ether oxygens (including phenoxy) is 1. The molecule has 1 aliphatic rings. The van der Waals surface area contributed by atoms with E-state index in [-0.39, 0.29) is 5.78 Å². The van der Waals surface area contributed by atoms with Crippen molar-refractivity contribution >= 4 is 28.6 Å². The van der Waals surface area contributed by atoms with Crippen molar-refractivity contribution in [3.63, 3.8) is 0 Å². The highest BCUT2D eigenvalue weighted by Crippen LogP contribution is 2.32. The zero-order valence-corrected chi connectivity index (χ0v) is 20.0. The van der Waals surface area contributed by atoms with E-state index in [4.69, 9.17) is 9.72 Å². The van der Waals surface area contributed by atoms with Crippen LogP contribution in [0.25, 0.3) is 11.2 Å². The van der Waals surface area contributed by atoms with Crippen molar-refractivity contribution in [2.45, 2.75) is 39.3 Å². The Morgan fingerprint density at radius 3 is 2.31 bits per heavy atom. The summed E-state index contributed by atoms with van der Waals surface area (Å²) in [4.78, 5) is 45.2. The van der Waals surface area contributed by atoms with E-state index < -0.39 is 17.3 Å². The number of para-hydroxylation sites is 1. The summed E-state index contributed by atoms with van der Waals surface area (Å²) in [5, 5.41) is 0. The van der Waals surface area contributed by atoms with Gasteiger partial charge < -0.3 is 14.2 Å². The molecule has 180 valence electrons. The van der Waals surface area contributed by atoms with Gasteiger partial charge in [0.05, 0.1) is 6.04 Å². The Kier molecular flexibility index (Phi) is 5.76. The Labute approximate surface area is 201 Å². The minimum Gasteiger partial charge on any atom is -0.457 e. The van der Waals surface area contributed by atoms with Gasteiger partial charge >= 0.3 is 5.69 Å². The number of hydrogen-bond acceptors (Lipinski definition) is 6. The van der Waals surface area contributed by atoms with Crippen LogP contribution in [0.2, 0.25) is 0 Å². The maximum absolute atomic E-state index is 13.5. The van der Waals surface area contributed by atoms with E-state index in [9.17, 15) is 14.4 Å². The first kappa shape index (κ1) is 22.6. The van der Waals surface area contributed by atoms with Crippen LogP contribution in [0.3, 0.4) is 0 Å². The maximum Gasteiger partial charge on any atom is 0.333 e. The fraction of sp³-hybridized carbons (Fsp3) is 0.308. The summed E-state index contributed by atoms with van der Waals surface area (Å²) >= 11 is 0. The van der Waals surface area contributed by atoms with Gasteiger partial charge in [-0.25, -0.2) is 9.36 Å². The number of ketones is 1. The first-order valence-electron chi connectivity index (χ1n) is 11.7. The van der Waals surface area contributed by atoms with Crippen LogP contribution < -0.4 is 20.9 Å². The molecule has 0 aliphatic carbocycles. The number of rotatable bonds is 5. The average molecular weight is 474 g/mol. The number of carbonyl (C=O) groups excluding carboxylic acids is 1. The molecule has 0 fully saturated rings. The first-order valence-corrected chi connectivity index (χ1v) is 11.7. The number of carbonyl (C=O) groups is 1. The average Bonchev–Trinajstić information content (AvgIpc) is 3.11. The second-order valence-electron chi connectivity index (χ2n) is 8.81. The summed E-state index contributed by atoms with van der Waals surface area (Å²) in [6.07, 6.45) is 1.77. The molecule has 0 amide bonds. The van der Waals surface area contributed by atoms with E-state index in [1.54, 1.807) is 14.0 Å². The molecule has 9 heteroatoms. The topological polar surface area (TPSA) is 91.4 Å². The third-order valence-corrected chi connectivity index (χ3v) is 6.52. The first-order chi connectivity index (χ1) is 16.9. The molecule has 4 aromatic rings. The number of hydrogen-bond donors (Lipinski definition) is 0. The zero-order chi connectivity index (χ0) is 24.7. The van der Waals surface area contributed by atoms with Gasteiger partial charge in [0.25, 0.3) is 5.56 Å². The van der Waals surface area contributed by atoms with Crippen molar-refractivity contribution in [1.82, 2.24) is 18.7 Å². The number of benzene rings is 2. The van der Waals surface area contributed by atoms with Gasteiger partial charge in [0, 0.05) is 25.8 Å². The summed E-state index contributed by atoms with van der Waals surface area (Å²) in [7, 11) is 1.58. The number of anilines is 2. The van der Waals surface area contributed by atoms with E-state index in [1.165, 1.54) is 11.5 Å². The third kappa shape index (κ3) is 3.92. The van der Waals surface area contributed by atoms with Crippen LogP contribution in [0.4, 0.5) is 11.6 Å². The molecule has 1 aliphatic heterocycles. The molecule has 5 rings (SSSR count). The lowest BCUT2D eigenvalue weighted by Crippen LogP contribution is -2.43. The molecule has 0 N–H and O–H groups in total. The van der Waals surface area contributed by atoms with Gasteiger partial charge in [0.15, 0.2) is 16.9 Å². The van der Waals surface area contributed by atoms with Crippen LogP contribution in [0, 0.1) is 0 Å². The molecule has 0 saturated heterocycles. The van der Waals surface area contributed by atoms with Crippen molar-refractivity contribution in [3.05, 3.63) is 75.4 Å². The fourth-order valence-corrected chi connectivity index (χ4v) is 4.47. The molecule has 35 heavy (non-hydrogen) atoms. The van der Waals surface area contributed by atoms with Gasteiger partial charge in [-0.15, -0.1) is 0 Å². The molecule has 3 heterocycles. The van der Waals surface area contributed by atoms with E-state index in [0.717, 1.165) is 28.8 Å². The molecular weight excluding hydrogens is 446 g/mol. The number of imidazole rings is 1. The lowest BCUT2D eigenvalue weighted by atomic mass is 10.2. The molecule has 2 aromatic carbocycles. The third-order valence-electron chi connectivity index (χ3n) is 6.52. The van der Waals surface area contributed by atoms with E-state index in [2.05, 4.69) is 4.90 Å². The molecule has 9 nitrogen and oxygen atoms in total. The Bertz CT molecular complexity index is 1520. The van der Waals surface area contributed by atoms with Gasteiger partial charge in [-0.2, -0.15) is 4.98 Å². The monoisotopic (exact) mass is 473 g/mol. The van der Waals surface area contributed by atoms with Crippen LogP contribution in [-0.4, -0.2) is 31.0 Å². The largest absolute Gasteiger partial charge is 0.457 e. The van der Waals surface area contributed by atoms with Gasteiger partial charge in [-0.05, 0) is 63.1 Å². The van der Waals surface area contributed by atoms with E-state index in [0.29, 0.717) is 36.0 Å². The highest BCUT2D eigenvalue weighted by Gasteiger charge is 2.27. The Morgan fingerprint density at radius 1 is 0.971 bits per heavy atom. The number of aryl methyl sites for hydroxylation is 2. The van der Waals surface area contributed by atoms with Crippen molar-refractivity contribution < 1.29 is 9.53 Å². The molecule has 1 atom stereocenters. The van der Waals surface area contributed by atoms with Crippen LogP contribution in [0.5, 0.6) is 11.5 Å². The minimum absolute atomic E-state index is 0.251. The van der Waals surface area contributed by atoms with Crippen molar-refractivity contribution in [2.75, 3.05) is 11.4 Å². The minimum atomic E-state index is -0.851. The molecule has 0 spiro atoms. The van der Waals surface area contributed by atoms with Crippen molar-refractivity contribution in [3.8, 4) is 11.5 Å². The Morgan fingerprint density at radius 2 is 1.63 bits per heavy atom. The SMILES string of the molecule is CC(=O)C(C)n1c(=O)c2c(nc3n2CCCCN3c2ccc(Oc3ccccc3)cc2)n(C)c1=O. The maximum atomic E-state index is 13.5. The molecular formula is C26H27N5O4. The summed E-state index contributed by atoms with van der Waals surface area (Å²) in [5.41, 5.74) is 0.529. The highest BCUT2D eigenvalue weighted by molar-refractivity contribution is 5.81. The fourth-order valence-electron chi connectivity index (χ4n) is 4.47. The van der Waals surface area contributed by atoms with Gasteiger partial charge in [0.1, 0.15) is 11.5 Å². The number of aromatic nitrogens is 4. The van der Waals surface area contributed by atoms with Gasteiger partial charge in [-0.3, -0.25) is 14.2 Å². The smallest absolute Gasteiger partial charge is 0.333 e. The predicted molar refractivity (Wildman–Crippen MR) is 134 cm³/mol. The van der Waals surface area contributed by atoms with Crippen LogP contribution >= 0.6 is 0 Å². The molecule has 1 unspecified atom stereocenters. The normalized spacial score (nSPS) is 14.4. The lowest BCUT2D eigenvalue weighted by Gasteiger charge is -2.22. The van der Waals surface area contributed by atoms with E-state index >= 15 is 0 Å². The van der Waals surface area contributed by atoms with Crippen LogP contribution in [0.15, 0.2) is 64.2 Å². The molecule has 0 bridgehead atoms. The molecule has 0 radical (unpaired) electrons. The summed E-state index contributed by atoms with van der Waals surface area (Å²) in [6, 6.07) is 16.4. The van der Waals surface area contributed by atoms with Crippen molar-refractivity contribution in [2.24, 2.45) is 7.05 Å². The van der Waals surface area contributed by atoms with Crippen molar-refractivity contribution in [1.29, 1.82) is 0 Å². The predicted octanol–water partition coefficient (Wildman–Crippen LogP) is 3.77. The van der Waals surface area contributed by atoms with Crippen LogP contribution in [0.1, 0.15) is 32.7 Å². The second kappa shape index (κ2) is 8.90. The summed E-state index contributed by atoms with van der Waals surface area (Å²) < 4.78 is 10.2. The van der Waals surface area contributed by atoms with E-state index in [1.807, 2.05) is 59.2 Å². The molecule has 2 aromatic heterocycles. The number of Topliss-reactive ketones (excluding diaryl/α,β-unsaturated/α-hetero) is 1. The highest BCUT2D eigenvalue weighted by atomic mass is 16.5. The Balaban J connectivity index is 1.60. The summed E-state index contributed by atoms with van der Waals surface area (Å²) in [5.74, 6) is 1.83. The second-order valence-corrected chi connectivity index (χ2v) is 8.81. The van der Waals surface area contributed by atoms with Gasteiger partial charge in [-0.1, -0.05) is 18.2 Å².